The number of hydrogen-bond acceptors (Lipinski definition) is 4. The quantitative estimate of drug-likeness (QED) is 0.689. The fourth-order valence-electron chi connectivity index (χ4n) is 4.22. The Kier molecular flexibility index (Phi) is 5.98. The molecule has 2 aliphatic rings. The Morgan fingerprint density at radius 3 is 2.77 bits per heavy atom. The summed E-state index contributed by atoms with van der Waals surface area (Å²) in [6, 6.07) is 12.0. The molecule has 30 heavy (non-hydrogen) atoms. The molecular weight excluding hydrogens is 372 g/mol. The van der Waals surface area contributed by atoms with Crippen molar-refractivity contribution in [2.24, 2.45) is 16.8 Å². The first-order valence-electron chi connectivity index (χ1n) is 10.8. The van der Waals surface area contributed by atoms with Gasteiger partial charge in [0.1, 0.15) is 5.84 Å². The summed E-state index contributed by atoms with van der Waals surface area (Å²) in [4.78, 5) is 21.6. The van der Waals surface area contributed by atoms with Crippen molar-refractivity contribution in [2.75, 3.05) is 6.54 Å². The van der Waals surface area contributed by atoms with E-state index in [0.717, 1.165) is 34.8 Å². The topological polar surface area (TPSA) is 66.4 Å². The van der Waals surface area contributed by atoms with Crippen LogP contribution in [0.1, 0.15) is 55.1 Å². The predicted molar refractivity (Wildman–Crippen MR) is 120 cm³/mol. The van der Waals surface area contributed by atoms with Gasteiger partial charge in [-0.25, -0.2) is 0 Å². The number of rotatable bonds is 7. The van der Waals surface area contributed by atoms with Gasteiger partial charge >= 0.3 is 0 Å². The minimum atomic E-state index is -0.0248. The molecular formula is C25H30N4O. The summed E-state index contributed by atoms with van der Waals surface area (Å²) in [5.74, 6) is 2.30. The first-order valence-corrected chi connectivity index (χ1v) is 10.8. The minimum Gasteiger partial charge on any atom is -0.370 e. The van der Waals surface area contributed by atoms with Crippen LogP contribution >= 0.6 is 0 Å². The van der Waals surface area contributed by atoms with Gasteiger partial charge in [0.2, 0.25) is 5.91 Å². The fourth-order valence-corrected chi connectivity index (χ4v) is 4.22. The van der Waals surface area contributed by atoms with Gasteiger partial charge in [-0.05, 0) is 55.7 Å². The van der Waals surface area contributed by atoms with Crippen LogP contribution < -0.4 is 10.6 Å². The third-order valence-corrected chi connectivity index (χ3v) is 6.22. The highest BCUT2D eigenvalue weighted by molar-refractivity contribution is 6.01. The number of aromatic nitrogens is 1. The Labute approximate surface area is 178 Å². The van der Waals surface area contributed by atoms with Gasteiger partial charge in [0, 0.05) is 18.3 Å². The van der Waals surface area contributed by atoms with E-state index < -0.39 is 0 Å². The standard InChI is InChI=1S/C25H30N4O/c1-16(2)20-9-18(10-20)13-27-25-23-15-26-22(11-21(23)14-28-25)12-24(30)29-17(3)19-7-5-4-6-8-19/h4-8,11,15,17-18,20H,1,9-10,12-14H2,2-3H3,(H,27,28)(H,29,30)/t17-,18?,20?/m1/s1. The maximum absolute atomic E-state index is 12.5. The zero-order valence-corrected chi connectivity index (χ0v) is 17.8. The lowest BCUT2D eigenvalue weighted by Gasteiger charge is -2.36. The molecule has 1 saturated carbocycles. The SMILES string of the molecule is C=C(C)C1CC(CNC2=NCc3cc(CC(=O)N[C@H](C)c4ccccc4)ncc32)C1. The number of amidine groups is 1. The lowest BCUT2D eigenvalue weighted by molar-refractivity contribution is -0.121. The number of aliphatic imine (C=N–C) groups is 1. The van der Waals surface area contributed by atoms with E-state index in [1.165, 1.54) is 18.4 Å². The van der Waals surface area contributed by atoms with Gasteiger partial charge in [0.15, 0.2) is 0 Å². The first kappa shape index (κ1) is 20.3. The molecule has 1 aromatic heterocycles. The maximum Gasteiger partial charge on any atom is 0.226 e. The summed E-state index contributed by atoms with van der Waals surface area (Å²) in [6.07, 6.45) is 4.57. The second-order valence-corrected chi connectivity index (χ2v) is 8.64. The second-order valence-electron chi connectivity index (χ2n) is 8.64. The number of fused-ring (bicyclic) bond motifs is 1. The molecule has 1 aliphatic heterocycles. The van der Waals surface area contributed by atoms with Crippen LogP contribution in [-0.2, 0) is 17.8 Å². The molecule has 0 spiro atoms. The van der Waals surface area contributed by atoms with Crippen molar-refractivity contribution in [1.82, 2.24) is 15.6 Å². The van der Waals surface area contributed by atoms with Gasteiger partial charge in [-0.15, -0.1) is 0 Å². The summed E-state index contributed by atoms with van der Waals surface area (Å²) in [5, 5.41) is 6.56. The van der Waals surface area contributed by atoms with Crippen LogP contribution in [-0.4, -0.2) is 23.3 Å². The van der Waals surface area contributed by atoms with E-state index in [1.807, 2.05) is 49.5 Å². The Bertz CT molecular complexity index is 960. The Morgan fingerprint density at radius 2 is 2.03 bits per heavy atom. The van der Waals surface area contributed by atoms with E-state index in [0.29, 0.717) is 18.4 Å². The normalized spacial score (nSPS) is 20.5. The van der Waals surface area contributed by atoms with Crippen LogP contribution in [0.5, 0.6) is 0 Å². The van der Waals surface area contributed by atoms with E-state index in [9.17, 15) is 4.79 Å². The van der Waals surface area contributed by atoms with Crippen LogP contribution in [0, 0.1) is 11.8 Å². The number of amides is 1. The smallest absolute Gasteiger partial charge is 0.226 e. The fraction of sp³-hybridized carbons (Fsp3) is 0.400. The molecule has 0 bridgehead atoms. The number of benzene rings is 1. The van der Waals surface area contributed by atoms with E-state index in [1.54, 1.807) is 0 Å². The van der Waals surface area contributed by atoms with Crippen molar-refractivity contribution in [3.8, 4) is 0 Å². The average Bonchev–Trinajstić information content (AvgIpc) is 3.09. The largest absolute Gasteiger partial charge is 0.370 e. The molecule has 1 amide bonds. The highest BCUT2D eigenvalue weighted by Gasteiger charge is 2.30. The van der Waals surface area contributed by atoms with Gasteiger partial charge in [-0.2, -0.15) is 0 Å². The van der Waals surface area contributed by atoms with Crippen LogP contribution in [0.15, 0.2) is 59.7 Å². The van der Waals surface area contributed by atoms with Gasteiger partial charge in [-0.1, -0.05) is 42.5 Å². The first-order chi connectivity index (χ1) is 14.5. The zero-order chi connectivity index (χ0) is 21.1. The number of nitrogens with one attached hydrogen (secondary N) is 2. The minimum absolute atomic E-state index is 0.0203. The average molecular weight is 403 g/mol. The lowest BCUT2D eigenvalue weighted by Crippen LogP contribution is -2.36. The van der Waals surface area contributed by atoms with Crippen LogP contribution in [0.25, 0.3) is 0 Å². The summed E-state index contributed by atoms with van der Waals surface area (Å²) < 4.78 is 0. The molecule has 0 unspecified atom stereocenters. The Hall–Kier alpha value is -2.95. The molecule has 1 fully saturated rings. The molecule has 2 heterocycles. The number of pyridine rings is 1. The third kappa shape index (κ3) is 4.61. The molecule has 2 aromatic rings. The molecule has 1 aromatic carbocycles. The number of carbonyl (C=O) groups is 1. The van der Waals surface area contributed by atoms with Crippen molar-refractivity contribution in [2.45, 2.75) is 45.7 Å². The number of hydrogen-bond donors (Lipinski definition) is 2. The van der Waals surface area contributed by atoms with Crippen LogP contribution in [0.3, 0.4) is 0 Å². The van der Waals surface area contributed by atoms with Crippen LogP contribution in [0.2, 0.25) is 0 Å². The molecule has 1 atom stereocenters. The highest BCUT2D eigenvalue weighted by atomic mass is 16.1. The summed E-state index contributed by atoms with van der Waals surface area (Å²) >= 11 is 0. The predicted octanol–water partition coefficient (Wildman–Crippen LogP) is 3.95. The van der Waals surface area contributed by atoms with E-state index in [-0.39, 0.29) is 18.4 Å². The van der Waals surface area contributed by atoms with E-state index >= 15 is 0 Å². The van der Waals surface area contributed by atoms with E-state index in [4.69, 9.17) is 0 Å². The molecule has 1 aliphatic carbocycles. The third-order valence-electron chi connectivity index (χ3n) is 6.22. The Balaban J connectivity index is 1.29. The molecule has 0 radical (unpaired) electrons. The van der Waals surface area contributed by atoms with Gasteiger partial charge in [0.25, 0.3) is 0 Å². The monoisotopic (exact) mass is 402 g/mol. The van der Waals surface area contributed by atoms with Crippen molar-refractivity contribution < 1.29 is 4.79 Å². The summed E-state index contributed by atoms with van der Waals surface area (Å²) in [6.45, 7) is 9.77. The van der Waals surface area contributed by atoms with Crippen molar-refractivity contribution in [3.63, 3.8) is 0 Å². The summed E-state index contributed by atoms with van der Waals surface area (Å²) in [7, 11) is 0. The van der Waals surface area contributed by atoms with Crippen molar-refractivity contribution in [1.29, 1.82) is 0 Å². The molecule has 5 heteroatoms. The van der Waals surface area contributed by atoms with Crippen LogP contribution in [0.4, 0.5) is 0 Å². The summed E-state index contributed by atoms with van der Waals surface area (Å²) in [5.41, 5.74) is 5.38. The maximum atomic E-state index is 12.5. The van der Waals surface area contributed by atoms with E-state index in [2.05, 4.69) is 34.1 Å². The van der Waals surface area contributed by atoms with Gasteiger partial charge < -0.3 is 10.6 Å². The van der Waals surface area contributed by atoms with Crippen molar-refractivity contribution >= 4 is 11.7 Å². The van der Waals surface area contributed by atoms with Crippen molar-refractivity contribution in [3.05, 3.63) is 77.1 Å². The Morgan fingerprint density at radius 1 is 1.27 bits per heavy atom. The number of carbonyl (C=O) groups excluding carboxylic acids is 1. The van der Waals surface area contributed by atoms with Gasteiger partial charge in [-0.3, -0.25) is 14.8 Å². The highest BCUT2D eigenvalue weighted by Crippen LogP contribution is 2.37. The molecule has 0 saturated heterocycles. The molecule has 156 valence electrons. The number of allylic oxidation sites excluding steroid dienone is 1. The molecule has 4 rings (SSSR count). The lowest BCUT2D eigenvalue weighted by atomic mass is 9.72. The molecule has 2 N–H and O–H groups in total. The number of nitrogens with zero attached hydrogens (tertiary/aromatic N) is 2. The second kappa shape index (κ2) is 8.82. The molecule has 5 nitrogen and oxygen atoms in total. The zero-order valence-electron chi connectivity index (χ0n) is 17.8. The van der Waals surface area contributed by atoms with Gasteiger partial charge in [0.05, 0.1) is 24.7 Å².